The smallest absolute Gasteiger partial charge is 0.480 e. The Bertz CT molecular complexity index is 1750. The van der Waals surface area contributed by atoms with Crippen LogP contribution >= 0.6 is 0 Å². The lowest BCUT2D eigenvalue weighted by Gasteiger charge is -2.35. The molecule has 0 fully saturated rings. The monoisotopic (exact) mass is 708 g/mol. The molecule has 3 aromatic carbocycles. The lowest BCUT2D eigenvalue weighted by atomic mass is 9.88. The molecule has 1 aromatic heterocycles. The molecule has 5 rings (SSSR count). The van der Waals surface area contributed by atoms with Gasteiger partial charge in [-0.3, -0.25) is 4.79 Å². The van der Waals surface area contributed by atoms with Gasteiger partial charge in [0.05, 0.1) is 24.5 Å². The first-order valence-electron chi connectivity index (χ1n) is 14.4. The Labute approximate surface area is 280 Å². The number of carboxylic acid groups (broad SMARTS) is 3. The van der Waals surface area contributed by atoms with Crippen molar-refractivity contribution in [2.75, 3.05) is 5.73 Å². The van der Waals surface area contributed by atoms with E-state index in [4.69, 9.17) is 25.5 Å². The minimum absolute atomic E-state index is 0.148. The lowest BCUT2D eigenvalue weighted by molar-refractivity contribution is -0.193. The highest BCUT2D eigenvalue weighted by atomic mass is 19.4. The van der Waals surface area contributed by atoms with E-state index in [0.29, 0.717) is 6.54 Å². The number of carbonyl (C=O) groups is 4. The van der Waals surface area contributed by atoms with E-state index in [1.807, 2.05) is 90.4 Å². The van der Waals surface area contributed by atoms with E-state index in [1.165, 1.54) is 4.90 Å². The highest BCUT2D eigenvalue weighted by Crippen LogP contribution is 2.32. The SMILES string of the molecule is Cc1cc(Cn2cnc3c2C[C@@H](C(=O)O)N(C(=O)C(c2ccccc2)c2ccccc2)C3)ccc1N.O=C(O)C(F)(F)F.O=C(O)C(F)(F)F. The van der Waals surface area contributed by atoms with Crippen molar-refractivity contribution < 1.29 is 60.8 Å². The van der Waals surface area contributed by atoms with Crippen LogP contribution in [0.3, 0.4) is 0 Å². The predicted octanol–water partition coefficient (Wildman–Crippen LogP) is 5.26. The molecule has 0 aliphatic carbocycles. The summed E-state index contributed by atoms with van der Waals surface area (Å²) in [6.07, 6.45) is -8.24. The first-order chi connectivity index (χ1) is 23.3. The molecule has 1 amide bonds. The number of amides is 1. The van der Waals surface area contributed by atoms with E-state index in [9.17, 15) is 41.0 Å². The van der Waals surface area contributed by atoms with Crippen LogP contribution < -0.4 is 5.73 Å². The zero-order valence-corrected chi connectivity index (χ0v) is 26.0. The number of hydrogen-bond donors (Lipinski definition) is 4. The number of rotatable bonds is 6. The molecule has 11 nitrogen and oxygen atoms in total. The molecule has 1 aliphatic rings. The van der Waals surface area contributed by atoms with Crippen molar-refractivity contribution in [2.24, 2.45) is 0 Å². The quantitative estimate of drug-likeness (QED) is 0.154. The van der Waals surface area contributed by atoms with Gasteiger partial charge in [-0.25, -0.2) is 19.4 Å². The number of fused-ring (bicyclic) bond motifs is 1. The van der Waals surface area contributed by atoms with E-state index in [-0.39, 0.29) is 18.9 Å². The molecule has 4 aromatic rings. The number of carbonyl (C=O) groups excluding carboxylic acids is 1. The molecule has 0 unspecified atom stereocenters. The average molecular weight is 709 g/mol. The summed E-state index contributed by atoms with van der Waals surface area (Å²) in [7, 11) is 0. The molecule has 1 atom stereocenters. The maximum absolute atomic E-state index is 14.0. The van der Waals surface area contributed by atoms with Gasteiger partial charge in [-0.05, 0) is 35.2 Å². The van der Waals surface area contributed by atoms with Gasteiger partial charge in [0.15, 0.2) is 0 Å². The van der Waals surface area contributed by atoms with Crippen LogP contribution in [0.5, 0.6) is 0 Å². The number of imidazole rings is 1. The summed E-state index contributed by atoms with van der Waals surface area (Å²) < 4.78 is 65.4. The van der Waals surface area contributed by atoms with E-state index in [0.717, 1.165) is 39.3 Å². The van der Waals surface area contributed by atoms with Gasteiger partial charge in [0.2, 0.25) is 5.91 Å². The number of benzene rings is 3. The summed E-state index contributed by atoms with van der Waals surface area (Å²) >= 11 is 0. The number of aromatic nitrogens is 2. The molecule has 0 radical (unpaired) electrons. The Balaban J connectivity index is 0.000000408. The number of nitrogens with zero attached hydrogens (tertiary/aromatic N) is 3. The number of alkyl halides is 6. The third-order valence-electron chi connectivity index (χ3n) is 7.37. The van der Waals surface area contributed by atoms with Gasteiger partial charge in [-0.1, -0.05) is 72.8 Å². The topological polar surface area (TPSA) is 176 Å². The van der Waals surface area contributed by atoms with Crippen molar-refractivity contribution in [1.82, 2.24) is 14.5 Å². The van der Waals surface area contributed by atoms with Gasteiger partial charge in [0.1, 0.15) is 6.04 Å². The van der Waals surface area contributed by atoms with Gasteiger partial charge in [0.25, 0.3) is 0 Å². The highest BCUT2D eigenvalue weighted by Gasteiger charge is 2.41. The second kappa shape index (κ2) is 16.0. The van der Waals surface area contributed by atoms with Gasteiger partial charge in [-0.15, -0.1) is 0 Å². The Morgan fingerprint density at radius 3 is 1.74 bits per heavy atom. The average Bonchev–Trinajstić information content (AvgIpc) is 3.44. The molecule has 50 heavy (non-hydrogen) atoms. The number of nitrogen functional groups attached to an aromatic ring is 1. The minimum atomic E-state index is -5.08. The third kappa shape index (κ3) is 10.1. The van der Waals surface area contributed by atoms with Gasteiger partial charge < -0.3 is 30.5 Å². The summed E-state index contributed by atoms with van der Waals surface area (Å²) in [5.74, 6) is -7.38. The molecule has 17 heteroatoms. The molecule has 0 saturated heterocycles. The van der Waals surface area contributed by atoms with Crippen LogP contribution in [-0.2, 0) is 38.7 Å². The Kier molecular flexibility index (Phi) is 12.4. The summed E-state index contributed by atoms with van der Waals surface area (Å²) in [5, 5.41) is 24.4. The van der Waals surface area contributed by atoms with Crippen molar-refractivity contribution >= 4 is 29.5 Å². The Morgan fingerprint density at radius 1 is 0.840 bits per heavy atom. The molecule has 0 spiro atoms. The zero-order chi connectivity index (χ0) is 37.4. The van der Waals surface area contributed by atoms with Crippen LogP contribution in [0.25, 0.3) is 0 Å². The molecular formula is C33H30F6N4O7. The Morgan fingerprint density at radius 2 is 1.32 bits per heavy atom. The normalized spacial score (nSPS) is 14.0. The van der Waals surface area contributed by atoms with Gasteiger partial charge in [0, 0.05) is 24.3 Å². The molecular weight excluding hydrogens is 678 g/mol. The van der Waals surface area contributed by atoms with Crippen LogP contribution in [0.4, 0.5) is 32.0 Å². The number of anilines is 1. The fourth-order valence-electron chi connectivity index (χ4n) is 4.94. The highest BCUT2D eigenvalue weighted by molar-refractivity contribution is 5.91. The first-order valence-corrected chi connectivity index (χ1v) is 14.4. The molecule has 1 aliphatic heterocycles. The van der Waals surface area contributed by atoms with Crippen molar-refractivity contribution in [3.8, 4) is 0 Å². The van der Waals surface area contributed by atoms with E-state index >= 15 is 0 Å². The van der Waals surface area contributed by atoms with Crippen LogP contribution in [0, 0.1) is 6.92 Å². The number of carboxylic acids is 3. The number of nitrogens with two attached hydrogens (primary N) is 1. The summed E-state index contributed by atoms with van der Waals surface area (Å²) in [5.41, 5.74) is 12.0. The van der Waals surface area contributed by atoms with E-state index < -0.39 is 42.2 Å². The van der Waals surface area contributed by atoms with Crippen LogP contribution in [0.2, 0.25) is 0 Å². The summed E-state index contributed by atoms with van der Waals surface area (Å²) in [6, 6.07) is 23.9. The van der Waals surface area contributed by atoms with Crippen molar-refractivity contribution in [3.05, 3.63) is 119 Å². The number of aryl methyl sites for hydroxylation is 1. The van der Waals surface area contributed by atoms with Crippen LogP contribution in [0.15, 0.2) is 85.2 Å². The number of halogens is 6. The van der Waals surface area contributed by atoms with E-state index in [1.54, 1.807) is 6.33 Å². The fourth-order valence-corrected chi connectivity index (χ4v) is 4.94. The largest absolute Gasteiger partial charge is 0.490 e. The van der Waals surface area contributed by atoms with Crippen LogP contribution in [0.1, 0.15) is 39.6 Å². The third-order valence-corrected chi connectivity index (χ3v) is 7.37. The van der Waals surface area contributed by atoms with Crippen molar-refractivity contribution in [2.45, 2.75) is 50.7 Å². The maximum Gasteiger partial charge on any atom is 0.490 e. The predicted molar refractivity (Wildman–Crippen MR) is 165 cm³/mol. The van der Waals surface area contributed by atoms with Crippen molar-refractivity contribution in [3.63, 3.8) is 0 Å². The second-order valence-corrected chi connectivity index (χ2v) is 10.8. The molecule has 266 valence electrons. The standard InChI is InChI=1S/C29H28N4O3.2C2HF3O2/c1-19-14-20(12-13-23(19)30)16-32-18-31-24-17-33(26(29(35)36)15-25(24)32)28(34)27(21-8-4-2-5-9-21)22-10-6-3-7-11-22;2*3-2(4,5)1(6)7/h2-14,18,26-27H,15-17,30H2,1H3,(H,35,36);2*(H,6,7)/t26-;;/m0../s1. The maximum atomic E-state index is 14.0. The minimum Gasteiger partial charge on any atom is -0.480 e. The van der Waals surface area contributed by atoms with Crippen molar-refractivity contribution in [1.29, 1.82) is 0 Å². The van der Waals surface area contributed by atoms with E-state index in [2.05, 4.69) is 4.98 Å². The molecule has 0 bridgehead atoms. The fraction of sp³-hybridized carbons (Fsp3) is 0.242. The number of hydrogen-bond acceptors (Lipinski definition) is 6. The molecule has 2 heterocycles. The molecule has 0 saturated carbocycles. The number of aliphatic carboxylic acids is 3. The summed E-state index contributed by atoms with van der Waals surface area (Å²) in [4.78, 5) is 50.3. The van der Waals surface area contributed by atoms with Gasteiger partial charge >= 0.3 is 30.3 Å². The Hall–Kier alpha value is -5.87. The zero-order valence-electron chi connectivity index (χ0n) is 26.0. The van der Waals surface area contributed by atoms with Gasteiger partial charge in [-0.2, -0.15) is 26.3 Å². The first kappa shape index (κ1) is 38.6. The molecule has 5 N–H and O–H groups in total. The van der Waals surface area contributed by atoms with Crippen LogP contribution in [-0.4, -0.2) is 72.0 Å². The second-order valence-electron chi connectivity index (χ2n) is 10.8. The lowest BCUT2D eigenvalue weighted by Crippen LogP contribution is -2.50. The summed E-state index contributed by atoms with van der Waals surface area (Å²) in [6.45, 7) is 2.66.